The van der Waals surface area contributed by atoms with E-state index >= 15 is 0 Å². The van der Waals surface area contributed by atoms with Gasteiger partial charge >= 0.3 is 0 Å². The molecule has 0 unspecified atom stereocenters. The molecule has 1 aromatic heterocycles. The molecular weight excluding hydrogens is 246 g/mol. The first-order chi connectivity index (χ1) is 9.06. The molecule has 5 nitrogen and oxygen atoms in total. The monoisotopic (exact) mass is 259 g/mol. The van der Waals surface area contributed by atoms with Crippen LogP contribution in [-0.2, 0) is 0 Å². The average Bonchev–Trinajstić information content (AvgIpc) is 2.75. The van der Waals surface area contributed by atoms with Crippen molar-refractivity contribution in [2.75, 3.05) is 0 Å². The molecule has 0 aromatic carbocycles. The Bertz CT molecular complexity index is 619. The lowest BCUT2D eigenvalue weighted by Gasteiger charge is -2.28. The van der Waals surface area contributed by atoms with Crippen molar-refractivity contribution in [3.05, 3.63) is 34.9 Å². The molecule has 1 saturated carbocycles. The summed E-state index contributed by atoms with van der Waals surface area (Å²) in [6.07, 6.45) is 4.43. The summed E-state index contributed by atoms with van der Waals surface area (Å²) >= 11 is 0. The van der Waals surface area contributed by atoms with Gasteiger partial charge in [-0.05, 0) is 25.3 Å². The Labute approximate surface area is 109 Å². The molecule has 0 radical (unpaired) electrons. The fourth-order valence-electron chi connectivity index (χ4n) is 2.19. The van der Waals surface area contributed by atoms with E-state index in [-0.39, 0.29) is 46.2 Å². The zero-order valence-electron chi connectivity index (χ0n) is 10.5. The predicted molar refractivity (Wildman–Crippen MR) is 66.2 cm³/mol. The quantitative estimate of drug-likeness (QED) is 0.839. The minimum absolute atomic E-state index is 0.0282. The van der Waals surface area contributed by atoms with Gasteiger partial charge in [-0.3, -0.25) is 14.4 Å². The van der Waals surface area contributed by atoms with Crippen molar-refractivity contribution in [1.29, 1.82) is 0 Å². The fraction of sp³-hybridized carbons (Fsp3) is 0.357. The molecule has 5 heteroatoms. The van der Waals surface area contributed by atoms with E-state index in [1.54, 1.807) is 0 Å². The molecule has 98 valence electrons. The molecule has 2 aliphatic carbocycles. The second-order valence-electron chi connectivity index (χ2n) is 4.93. The highest BCUT2D eigenvalue weighted by Crippen LogP contribution is 2.26. The normalized spacial score (nSPS) is 18.7. The van der Waals surface area contributed by atoms with Crippen LogP contribution >= 0.6 is 0 Å². The lowest BCUT2D eigenvalue weighted by atomic mass is 9.91. The number of allylic oxidation sites excluding steroid dienone is 2. The van der Waals surface area contributed by atoms with Gasteiger partial charge in [0.05, 0.1) is 11.3 Å². The third-order valence-electron chi connectivity index (χ3n) is 3.54. The Morgan fingerprint density at radius 1 is 1.37 bits per heavy atom. The molecule has 0 atom stereocenters. The third-order valence-corrected chi connectivity index (χ3v) is 3.54. The summed E-state index contributed by atoms with van der Waals surface area (Å²) in [5, 5.41) is 3.06. The topological polar surface area (TPSA) is 76.4 Å². The third kappa shape index (κ3) is 1.91. The van der Waals surface area contributed by atoms with E-state index in [0.29, 0.717) is 0 Å². The zero-order chi connectivity index (χ0) is 13.6. The summed E-state index contributed by atoms with van der Waals surface area (Å²) in [6, 6.07) is 1.60. The number of hydrogen-bond acceptors (Lipinski definition) is 5. The van der Waals surface area contributed by atoms with Crippen LogP contribution in [0.2, 0.25) is 0 Å². The number of rotatable bonds is 3. The number of ketones is 3. The molecule has 0 aliphatic heterocycles. The van der Waals surface area contributed by atoms with Crippen LogP contribution in [0.1, 0.15) is 57.7 Å². The average molecular weight is 259 g/mol. The van der Waals surface area contributed by atoms with Crippen molar-refractivity contribution in [3.8, 4) is 0 Å². The number of furan rings is 1. The van der Waals surface area contributed by atoms with E-state index in [9.17, 15) is 14.4 Å². The molecule has 1 aromatic rings. The largest absolute Gasteiger partial charge is 0.449 e. The summed E-state index contributed by atoms with van der Waals surface area (Å²) in [5.41, 5.74) is 0.445. The van der Waals surface area contributed by atoms with Crippen LogP contribution in [-0.4, -0.2) is 23.4 Å². The molecule has 1 heterocycles. The molecule has 3 rings (SSSR count). The van der Waals surface area contributed by atoms with Crippen molar-refractivity contribution < 1.29 is 18.8 Å². The number of carbonyl (C=O) groups is 3. The van der Waals surface area contributed by atoms with Gasteiger partial charge in [-0.25, -0.2) is 0 Å². The minimum Gasteiger partial charge on any atom is -0.449 e. The zero-order valence-corrected chi connectivity index (χ0v) is 10.5. The van der Waals surface area contributed by atoms with E-state index < -0.39 is 0 Å². The van der Waals surface area contributed by atoms with E-state index in [4.69, 9.17) is 4.42 Å². The maximum atomic E-state index is 12.2. The Hall–Kier alpha value is -2.17. The SMILES string of the molecule is CC(=O)c1cc2c(o1)C(=O)C(NC1CCC1)=CC2=O. The highest BCUT2D eigenvalue weighted by molar-refractivity contribution is 6.23. The lowest BCUT2D eigenvalue weighted by molar-refractivity contribution is 0.0940. The molecule has 0 spiro atoms. The van der Waals surface area contributed by atoms with Crippen LogP contribution in [0.3, 0.4) is 0 Å². The van der Waals surface area contributed by atoms with E-state index in [1.165, 1.54) is 19.1 Å². The van der Waals surface area contributed by atoms with E-state index in [1.807, 2.05) is 0 Å². The molecule has 0 saturated heterocycles. The summed E-state index contributed by atoms with van der Waals surface area (Å²) in [6.45, 7) is 1.33. The van der Waals surface area contributed by atoms with Crippen LogP contribution in [0.15, 0.2) is 22.3 Å². The molecule has 0 amide bonds. The Kier molecular flexibility index (Phi) is 2.62. The van der Waals surface area contributed by atoms with Crippen LogP contribution in [0.4, 0.5) is 0 Å². The first kappa shape index (κ1) is 11.9. The van der Waals surface area contributed by atoms with Gasteiger partial charge in [0.1, 0.15) is 0 Å². The molecule has 2 aliphatic rings. The predicted octanol–water partition coefficient (Wildman–Crippen LogP) is 1.89. The van der Waals surface area contributed by atoms with Crippen molar-refractivity contribution in [2.45, 2.75) is 32.2 Å². The fourth-order valence-corrected chi connectivity index (χ4v) is 2.19. The summed E-state index contributed by atoms with van der Waals surface area (Å²) < 4.78 is 5.21. The summed E-state index contributed by atoms with van der Waals surface area (Å²) in [4.78, 5) is 35.4. The van der Waals surface area contributed by atoms with Gasteiger partial charge in [-0.2, -0.15) is 0 Å². The standard InChI is InChI=1S/C14H13NO4/c1-7(16)12-5-9-11(17)6-10(13(18)14(9)19-12)15-8-3-2-4-8/h5-6,8,15H,2-4H2,1H3. The highest BCUT2D eigenvalue weighted by Gasteiger charge is 2.32. The van der Waals surface area contributed by atoms with Crippen molar-refractivity contribution in [3.63, 3.8) is 0 Å². The lowest BCUT2D eigenvalue weighted by Crippen LogP contribution is -2.38. The van der Waals surface area contributed by atoms with Crippen LogP contribution in [0.25, 0.3) is 0 Å². The number of carbonyl (C=O) groups excluding carboxylic acids is 3. The highest BCUT2D eigenvalue weighted by atomic mass is 16.4. The van der Waals surface area contributed by atoms with E-state index in [0.717, 1.165) is 19.3 Å². The van der Waals surface area contributed by atoms with Gasteiger partial charge in [-0.1, -0.05) is 0 Å². The smallest absolute Gasteiger partial charge is 0.244 e. The number of Topliss-reactive ketones (excluding diaryl/α,β-unsaturated/α-hetero) is 2. The van der Waals surface area contributed by atoms with Crippen molar-refractivity contribution >= 4 is 17.3 Å². The number of fused-ring (bicyclic) bond motifs is 1. The minimum atomic E-state index is -0.353. The van der Waals surface area contributed by atoms with Crippen LogP contribution < -0.4 is 5.32 Å². The Morgan fingerprint density at radius 3 is 2.68 bits per heavy atom. The molecule has 0 bridgehead atoms. The van der Waals surface area contributed by atoms with Crippen LogP contribution in [0, 0.1) is 0 Å². The maximum absolute atomic E-state index is 12.2. The van der Waals surface area contributed by atoms with Crippen molar-refractivity contribution in [2.24, 2.45) is 0 Å². The van der Waals surface area contributed by atoms with Gasteiger partial charge in [0, 0.05) is 19.0 Å². The molecular formula is C14H13NO4. The number of hydrogen-bond donors (Lipinski definition) is 1. The van der Waals surface area contributed by atoms with Crippen molar-refractivity contribution in [1.82, 2.24) is 5.32 Å². The first-order valence-corrected chi connectivity index (χ1v) is 6.28. The van der Waals surface area contributed by atoms with Gasteiger partial charge in [0.25, 0.3) is 0 Å². The van der Waals surface area contributed by atoms with Gasteiger partial charge < -0.3 is 9.73 Å². The second-order valence-corrected chi connectivity index (χ2v) is 4.93. The van der Waals surface area contributed by atoms with Gasteiger partial charge in [-0.15, -0.1) is 0 Å². The van der Waals surface area contributed by atoms with Crippen LogP contribution in [0.5, 0.6) is 0 Å². The molecule has 1 N–H and O–H groups in total. The maximum Gasteiger partial charge on any atom is 0.244 e. The Morgan fingerprint density at radius 2 is 2.11 bits per heavy atom. The Balaban J connectivity index is 1.93. The second kappa shape index (κ2) is 4.19. The molecule has 19 heavy (non-hydrogen) atoms. The molecule has 1 fully saturated rings. The van der Waals surface area contributed by atoms with E-state index in [2.05, 4.69) is 5.32 Å². The van der Waals surface area contributed by atoms with Gasteiger partial charge in [0.15, 0.2) is 23.1 Å². The number of nitrogens with one attached hydrogen (secondary N) is 1. The summed E-state index contributed by atoms with van der Waals surface area (Å²) in [5.74, 6) is -0.935. The first-order valence-electron chi connectivity index (χ1n) is 6.28. The summed E-state index contributed by atoms with van der Waals surface area (Å²) in [7, 11) is 0. The van der Waals surface area contributed by atoms with Gasteiger partial charge in [0.2, 0.25) is 5.78 Å².